The van der Waals surface area contributed by atoms with Gasteiger partial charge in [0.05, 0.1) is 17.9 Å². The second-order valence-electron chi connectivity index (χ2n) is 9.64. The molecule has 39 heavy (non-hydrogen) atoms. The summed E-state index contributed by atoms with van der Waals surface area (Å²) in [5, 5.41) is 12.9. The second kappa shape index (κ2) is 26.0. The molecule has 0 rings (SSSR count). The lowest BCUT2D eigenvalue weighted by Gasteiger charge is -2.21. The number of aliphatic hydroxyl groups is 1. The van der Waals surface area contributed by atoms with Crippen LogP contribution >= 0.6 is 0 Å². The van der Waals surface area contributed by atoms with Crippen molar-refractivity contribution in [3.8, 4) is 0 Å². The highest BCUT2D eigenvalue weighted by Gasteiger charge is 2.24. The van der Waals surface area contributed by atoms with Gasteiger partial charge < -0.3 is 10.4 Å². The Morgan fingerprint density at radius 3 is 1.77 bits per heavy atom. The number of aliphatic hydroxyl groups excluding tert-OH is 1. The summed E-state index contributed by atoms with van der Waals surface area (Å²) in [7, 11) is -4.35. The molecule has 0 aromatic rings. The fraction of sp³-hybridized carbons (Fsp3) is 0.594. The van der Waals surface area contributed by atoms with Gasteiger partial charge in [-0.25, -0.2) is 0 Å². The van der Waals surface area contributed by atoms with Crippen molar-refractivity contribution in [2.75, 3.05) is 5.75 Å². The average molecular weight is 564 g/mol. The summed E-state index contributed by atoms with van der Waals surface area (Å²) in [6, 6.07) is -1.09. The summed E-state index contributed by atoms with van der Waals surface area (Å²) in [4.78, 5) is 12.3. The zero-order valence-corrected chi connectivity index (χ0v) is 25.0. The topological polar surface area (TPSA) is 104 Å². The van der Waals surface area contributed by atoms with E-state index < -0.39 is 28.0 Å². The van der Waals surface area contributed by atoms with Gasteiger partial charge in [0.1, 0.15) is 0 Å². The number of carbonyl (C=O) groups excluding carboxylic acids is 1. The number of amides is 1. The van der Waals surface area contributed by atoms with Crippen molar-refractivity contribution < 1.29 is 22.9 Å². The van der Waals surface area contributed by atoms with Crippen LogP contribution in [0.3, 0.4) is 0 Å². The molecule has 0 aromatic heterocycles. The Balaban J connectivity index is 4.21. The van der Waals surface area contributed by atoms with Crippen molar-refractivity contribution in [1.29, 1.82) is 0 Å². The van der Waals surface area contributed by atoms with Crippen LogP contribution in [0.2, 0.25) is 0 Å². The maximum atomic E-state index is 12.3. The molecule has 0 aliphatic heterocycles. The lowest BCUT2D eigenvalue weighted by molar-refractivity contribution is -0.122. The van der Waals surface area contributed by atoms with Crippen molar-refractivity contribution in [2.45, 2.75) is 116 Å². The van der Waals surface area contributed by atoms with E-state index in [1.165, 1.54) is 25.3 Å². The number of hydrogen-bond donors (Lipinski definition) is 3. The van der Waals surface area contributed by atoms with Gasteiger partial charge in [-0.2, -0.15) is 8.42 Å². The summed E-state index contributed by atoms with van der Waals surface area (Å²) >= 11 is 0. The van der Waals surface area contributed by atoms with Gasteiger partial charge in [-0.3, -0.25) is 9.35 Å². The quantitative estimate of drug-likeness (QED) is 0.0639. The molecule has 1 amide bonds. The number of unbranched alkanes of at least 4 members (excludes halogenated alkanes) is 6. The van der Waals surface area contributed by atoms with E-state index in [-0.39, 0.29) is 12.3 Å². The monoisotopic (exact) mass is 563 g/mol. The number of rotatable bonds is 24. The van der Waals surface area contributed by atoms with Crippen LogP contribution in [0.25, 0.3) is 0 Å². The smallest absolute Gasteiger partial charge is 0.267 e. The van der Waals surface area contributed by atoms with Gasteiger partial charge in [0.25, 0.3) is 10.1 Å². The Morgan fingerprint density at radius 1 is 0.718 bits per heavy atom. The van der Waals surface area contributed by atoms with Gasteiger partial charge >= 0.3 is 0 Å². The zero-order valence-electron chi connectivity index (χ0n) is 24.2. The SMILES string of the molecule is CC/C=C\C/C=C\C/C=C\C/C=C\C/C=C\CCCC(=O)NC(CS(=O)(=O)O)C(O)/C=C/CCCCCCC. The molecule has 0 radical (unpaired) electrons. The summed E-state index contributed by atoms with van der Waals surface area (Å²) in [5.41, 5.74) is 0. The van der Waals surface area contributed by atoms with Gasteiger partial charge in [0.2, 0.25) is 5.91 Å². The minimum absolute atomic E-state index is 0.212. The molecule has 0 aliphatic rings. The van der Waals surface area contributed by atoms with Crippen molar-refractivity contribution >= 4 is 16.0 Å². The van der Waals surface area contributed by atoms with Crippen LogP contribution in [0.15, 0.2) is 72.9 Å². The first-order valence-electron chi connectivity index (χ1n) is 14.6. The molecular formula is C32H53NO5S. The summed E-state index contributed by atoms with van der Waals surface area (Å²) in [6.07, 6.45) is 36.2. The van der Waals surface area contributed by atoms with E-state index in [9.17, 15) is 22.9 Å². The third-order valence-corrected chi connectivity index (χ3v) is 6.67. The molecule has 0 spiro atoms. The second-order valence-corrected chi connectivity index (χ2v) is 11.1. The molecule has 0 heterocycles. The molecule has 3 N–H and O–H groups in total. The predicted octanol–water partition coefficient (Wildman–Crippen LogP) is 7.56. The Kier molecular flexibility index (Phi) is 24.5. The third kappa shape index (κ3) is 27.1. The molecule has 6 nitrogen and oxygen atoms in total. The van der Waals surface area contributed by atoms with E-state index >= 15 is 0 Å². The molecule has 7 heteroatoms. The summed E-state index contributed by atoms with van der Waals surface area (Å²) < 4.78 is 32.0. The first kappa shape index (κ1) is 36.8. The lowest BCUT2D eigenvalue weighted by atomic mass is 10.1. The third-order valence-electron chi connectivity index (χ3n) is 5.89. The van der Waals surface area contributed by atoms with Gasteiger partial charge in [-0.1, -0.05) is 112 Å². The molecule has 0 saturated carbocycles. The Hall–Kier alpha value is -2.22. The predicted molar refractivity (Wildman–Crippen MR) is 165 cm³/mol. The maximum Gasteiger partial charge on any atom is 0.267 e. The Bertz CT molecular complexity index is 884. The van der Waals surface area contributed by atoms with E-state index in [1.807, 2.05) is 6.08 Å². The number of hydrogen-bond acceptors (Lipinski definition) is 4. The maximum absolute atomic E-state index is 12.3. The summed E-state index contributed by atoms with van der Waals surface area (Å²) in [6.45, 7) is 4.29. The van der Waals surface area contributed by atoms with Crippen LogP contribution in [0, 0.1) is 0 Å². The standard InChI is InChI=1S/C32H53NO5S/c1-3-5-7-9-11-12-13-14-15-16-17-18-19-20-22-24-26-28-32(35)33-30(29-39(36,37)38)31(34)27-25-23-21-10-8-6-4-2/h5,7,11-12,14-15,17-18,20,22,25,27,30-31,34H,3-4,6,8-10,13,16,19,21,23-24,26,28-29H2,1-2H3,(H,33,35)(H,36,37,38)/b7-5-,12-11-,15-14-,18-17-,22-20-,27-25+. The van der Waals surface area contributed by atoms with Crippen molar-refractivity contribution in [2.24, 2.45) is 0 Å². The molecule has 0 aromatic carbocycles. The van der Waals surface area contributed by atoms with Crippen molar-refractivity contribution in [3.63, 3.8) is 0 Å². The van der Waals surface area contributed by atoms with Crippen LogP contribution in [-0.2, 0) is 14.9 Å². The van der Waals surface area contributed by atoms with Gasteiger partial charge in [0.15, 0.2) is 0 Å². The van der Waals surface area contributed by atoms with Gasteiger partial charge in [-0.15, -0.1) is 0 Å². The first-order chi connectivity index (χ1) is 18.8. The molecule has 2 unspecified atom stereocenters. The highest BCUT2D eigenvalue weighted by atomic mass is 32.2. The molecular weight excluding hydrogens is 510 g/mol. The summed E-state index contributed by atoms with van der Waals surface area (Å²) in [5.74, 6) is -1.07. The molecule has 222 valence electrons. The van der Waals surface area contributed by atoms with Crippen molar-refractivity contribution in [3.05, 3.63) is 72.9 Å². The minimum atomic E-state index is -4.35. The Morgan fingerprint density at radius 2 is 1.23 bits per heavy atom. The van der Waals surface area contributed by atoms with Gasteiger partial charge in [-0.05, 0) is 57.8 Å². The van der Waals surface area contributed by atoms with Crippen LogP contribution in [-0.4, -0.2) is 41.9 Å². The molecule has 0 fully saturated rings. The van der Waals surface area contributed by atoms with E-state index in [0.29, 0.717) is 6.42 Å². The van der Waals surface area contributed by atoms with Crippen LogP contribution < -0.4 is 5.32 Å². The van der Waals surface area contributed by atoms with Crippen molar-refractivity contribution in [1.82, 2.24) is 5.32 Å². The van der Waals surface area contributed by atoms with Crippen LogP contribution in [0.5, 0.6) is 0 Å². The Labute approximate surface area is 238 Å². The zero-order chi connectivity index (χ0) is 29.0. The fourth-order valence-corrected chi connectivity index (χ4v) is 4.45. The normalized spacial score (nSPS) is 14.7. The number of nitrogens with one attached hydrogen (secondary N) is 1. The minimum Gasteiger partial charge on any atom is -0.387 e. The average Bonchev–Trinajstić information content (AvgIpc) is 2.88. The fourth-order valence-electron chi connectivity index (χ4n) is 3.72. The van der Waals surface area contributed by atoms with Crippen LogP contribution in [0.4, 0.5) is 0 Å². The first-order valence-corrected chi connectivity index (χ1v) is 16.2. The molecule has 0 bridgehead atoms. The van der Waals surface area contributed by atoms with E-state index in [0.717, 1.165) is 57.8 Å². The lowest BCUT2D eigenvalue weighted by Crippen LogP contribution is -2.46. The molecule has 0 aliphatic carbocycles. The number of carbonyl (C=O) groups is 1. The number of allylic oxidation sites excluding steroid dienone is 11. The largest absolute Gasteiger partial charge is 0.387 e. The molecule has 2 atom stereocenters. The van der Waals surface area contributed by atoms with E-state index in [2.05, 4.69) is 73.8 Å². The van der Waals surface area contributed by atoms with Gasteiger partial charge in [0, 0.05) is 6.42 Å². The van der Waals surface area contributed by atoms with E-state index in [4.69, 9.17) is 0 Å². The molecule has 0 saturated heterocycles. The van der Waals surface area contributed by atoms with E-state index in [1.54, 1.807) is 6.08 Å². The highest BCUT2D eigenvalue weighted by Crippen LogP contribution is 2.08. The highest BCUT2D eigenvalue weighted by molar-refractivity contribution is 7.85. The van der Waals surface area contributed by atoms with Crippen LogP contribution in [0.1, 0.15) is 104 Å².